The lowest BCUT2D eigenvalue weighted by Gasteiger charge is -2.14. The normalized spacial score (nSPS) is 12.2. The molecule has 0 radical (unpaired) electrons. The minimum Gasteiger partial charge on any atom is -0.348 e. The summed E-state index contributed by atoms with van der Waals surface area (Å²) in [6.45, 7) is 4.01. The first-order chi connectivity index (χ1) is 13.5. The second-order valence-corrected chi connectivity index (χ2v) is 7.97. The van der Waals surface area contributed by atoms with Crippen molar-refractivity contribution in [3.63, 3.8) is 0 Å². The first kappa shape index (κ1) is 18.7. The monoisotopic (exact) mass is 410 g/mol. The highest BCUT2D eigenvalue weighted by molar-refractivity contribution is 7.15. The number of hydrogen-bond donors (Lipinski definition) is 1. The molecule has 142 valence electrons. The summed E-state index contributed by atoms with van der Waals surface area (Å²) in [4.78, 5) is 22.6. The number of nitrogens with one attached hydrogen (secondary N) is 1. The maximum absolute atomic E-state index is 12.8. The molecule has 0 fully saturated rings. The topological polar surface area (TPSA) is 59.3 Å². The van der Waals surface area contributed by atoms with Crippen LogP contribution in [0.25, 0.3) is 16.2 Å². The number of fused-ring (bicyclic) bond motifs is 1. The second-order valence-electron chi connectivity index (χ2n) is 6.73. The summed E-state index contributed by atoms with van der Waals surface area (Å²) < 4.78 is 1.82. The van der Waals surface area contributed by atoms with Crippen LogP contribution in [-0.2, 0) is 6.42 Å². The molecule has 1 aromatic carbocycles. The number of imidazole rings is 1. The van der Waals surface area contributed by atoms with Crippen LogP contribution in [0.1, 0.15) is 28.7 Å². The number of nitrogens with zero attached hydrogens (tertiary/aromatic N) is 3. The molecule has 7 heteroatoms. The molecule has 1 N–H and O–H groups in total. The van der Waals surface area contributed by atoms with Gasteiger partial charge in [0.2, 0.25) is 0 Å². The maximum atomic E-state index is 12.8. The van der Waals surface area contributed by atoms with Gasteiger partial charge >= 0.3 is 0 Å². The van der Waals surface area contributed by atoms with Crippen molar-refractivity contribution in [3.05, 3.63) is 76.1 Å². The van der Waals surface area contributed by atoms with Crippen LogP contribution in [0.2, 0.25) is 5.02 Å². The van der Waals surface area contributed by atoms with Crippen molar-refractivity contribution in [2.75, 3.05) is 0 Å². The number of pyridine rings is 1. The summed E-state index contributed by atoms with van der Waals surface area (Å²) in [5.74, 6) is -0.129. The van der Waals surface area contributed by atoms with Crippen LogP contribution in [-0.4, -0.2) is 26.3 Å². The number of thiazole rings is 1. The summed E-state index contributed by atoms with van der Waals surface area (Å²) in [7, 11) is 0. The number of aromatic nitrogens is 3. The zero-order valence-corrected chi connectivity index (χ0v) is 17.1. The second kappa shape index (κ2) is 7.73. The van der Waals surface area contributed by atoms with Crippen molar-refractivity contribution >= 4 is 33.8 Å². The van der Waals surface area contributed by atoms with Gasteiger partial charge in [-0.1, -0.05) is 35.9 Å². The van der Waals surface area contributed by atoms with Gasteiger partial charge in [-0.25, -0.2) is 4.98 Å². The predicted molar refractivity (Wildman–Crippen MR) is 113 cm³/mol. The molecular weight excluding hydrogens is 392 g/mol. The van der Waals surface area contributed by atoms with Crippen LogP contribution in [0.3, 0.4) is 0 Å². The fourth-order valence-corrected chi connectivity index (χ4v) is 4.20. The van der Waals surface area contributed by atoms with Crippen LogP contribution < -0.4 is 5.32 Å². The number of amides is 1. The summed E-state index contributed by atoms with van der Waals surface area (Å²) in [5.41, 5.74) is 4.29. The number of rotatable bonds is 5. The molecule has 4 aromatic rings. The lowest BCUT2D eigenvalue weighted by molar-refractivity contribution is 0.0934. The van der Waals surface area contributed by atoms with Gasteiger partial charge in [0.05, 0.1) is 10.7 Å². The molecule has 0 bridgehead atoms. The summed E-state index contributed by atoms with van der Waals surface area (Å²) in [5, 5.41) is 5.53. The van der Waals surface area contributed by atoms with E-state index in [-0.39, 0.29) is 11.9 Å². The highest BCUT2D eigenvalue weighted by Crippen LogP contribution is 2.29. The van der Waals surface area contributed by atoms with E-state index in [0.29, 0.717) is 17.1 Å². The van der Waals surface area contributed by atoms with E-state index < -0.39 is 0 Å². The SMILES string of the molecule is Cc1cccnc1CC(C)NC(=O)c1csc2nc(-c3ccccc3Cl)cn12. The number of aryl methyl sites for hydroxylation is 1. The van der Waals surface area contributed by atoms with E-state index >= 15 is 0 Å². The summed E-state index contributed by atoms with van der Waals surface area (Å²) in [6.07, 6.45) is 4.32. The molecule has 1 amide bonds. The number of benzene rings is 1. The predicted octanol–water partition coefficient (Wildman–Crippen LogP) is 4.78. The van der Waals surface area contributed by atoms with Crippen molar-refractivity contribution in [1.82, 2.24) is 19.7 Å². The molecule has 4 rings (SSSR count). The quantitative estimate of drug-likeness (QED) is 0.515. The average Bonchev–Trinajstić information content (AvgIpc) is 3.24. The molecule has 0 spiro atoms. The Morgan fingerprint density at radius 1 is 1.29 bits per heavy atom. The molecule has 0 aliphatic heterocycles. The van der Waals surface area contributed by atoms with E-state index in [4.69, 9.17) is 11.6 Å². The number of halogens is 1. The van der Waals surface area contributed by atoms with Gasteiger partial charge in [-0.05, 0) is 31.5 Å². The van der Waals surface area contributed by atoms with Crippen LogP contribution in [0, 0.1) is 6.92 Å². The molecule has 3 heterocycles. The largest absolute Gasteiger partial charge is 0.348 e. The zero-order valence-electron chi connectivity index (χ0n) is 15.5. The van der Waals surface area contributed by atoms with E-state index in [0.717, 1.165) is 27.5 Å². The van der Waals surface area contributed by atoms with Gasteiger partial charge in [0.25, 0.3) is 5.91 Å². The summed E-state index contributed by atoms with van der Waals surface area (Å²) in [6, 6.07) is 11.5. The fraction of sp³-hybridized carbons (Fsp3) is 0.190. The molecule has 0 aliphatic rings. The van der Waals surface area contributed by atoms with Crippen molar-refractivity contribution in [2.24, 2.45) is 0 Å². The van der Waals surface area contributed by atoms with Crippen LogP contribution in [0.5, 0.6) is 0 Å². The third kappa shape index (κ3) is 3.66. The minimum absolute atomic E-state index is 0.0393. The van der Waals surface area contributed by atoms with Gasteiger partial charge in [-0.15, -0.1) is 11.3 Å². The van der Waals surface area contributed by atoms with Crippen LogP contribution >= 0.6 is 22.9 Å². The Balaban J connectivity index is 1.55. The van der Waals surface area contributed by atoms with E-state index in [1.54, 1.807) is 6.20 Å². The lowest BCUT2D eigenvalue weighted by atomic mass is 10.1. The fourth-order valence-electron chi connectivity index (χ4n) is 3.12. The first-order valence-electron chi connectivity index (χ1n) is 8.96. The summed E-state index contributed by atoms with van der Waals surface area (Å²) >= 11 is 7.72. The Morgan fingerprint density at radius 2 is 2.11 bits per heavy atom. The highest BCUT2D eigenvalue weighted by Gasteiger charge is 2.18. The molecule has 0 saturated carbocycles. The van der Waals surface area contributed by atoms with Crippen LogP contribution in [0.15, 0.2) is 54.2 Å². The molecule has 5 nitrogen and oxygen atoms in total. The van der Waals surface area contributed by atoms with Crippen LogP contribution in [0.4, 0.5) is 0 Å². The highest BCUT2D eigenvalue weighted by atomic mass is 35.5. The molecule has 0 saturated heterocycles. The average molecular weight is 411 g/mol. The van der Waals surface area contributed by atoms with Crippen molar-refractivity contribution < 1.29 is 4.79 Å². The lowest BCUT2D eigenvalue weighted by Crippen LogP contribution is -2.35. The number of carbonyl (C=O) groups excluding carboxylic acids is 1. The van der Waals surface area contributed by atoms with E-state index in [9.17, 15) is 4.79 Å². The Bertz CT molecular complexity index is 1150. The molecule has 28 heavy (non-hydrogen) atoms. The third-order valence-electron chi connectivity index (χ3n) is 4.59. The first-order valence-corrected chi connectivity index (χ1v) is 10.2. The molecule has 3 aromatic heterocycles. The van der Waals surface area contributed by atoms with Gasteiger partial charge in [0.1, 0.15) is 5.69 Å². The molecule has 1 unspecified atom stereocenters. The third-order valence-corrected chi connectivity index (χ3v) is 5.76. The molecule has 0 aliphatic carbocycles. The van der Waals surface area contributed by atoms with Crippen molar-refractivity contribution in [1.29, 1.82) is 0 Å². The van der Waals surface area contributed by atoms with Crippen molar-refractivity contribution in [3.8, 4) is 11.3 Å². The van der Waals surface area contributed by atoms with Gasteiger partial charge in [0.15, 0.2) is 4.96 Å². The maximum Gasteiger partial charge on any atom is 0.269 e. The Kier molecular flexibility index (Phi) is 5.15. The van der Waals surface area contributed by atoms with Gasteiger partial charge in [-0.3, -0.25) is 14.2 Å². The molecule has 1 atom stereocenters. The van der Waals surface area contributed by atoms with Gasteiger partial charge in [-0.2, -0.15) is 0 Å². The Morgan fingerprint density at radius 3 is 2.89 bits per heavy atom. The number of carbonyl (C=O) groups is 1. The van der Waals surface area contributed by atoms with E-state index in [1.165, 1.54) is 11.3 Å². The Hall–Kier alpha value is -2.70. The number of hydrogen-bond acceptors (Lipinski definition) is 4. The Labute approximate surface area is 172 Å². The van der Waals surface area contributed by atoms with Gasteiger partial charge in [0, 0.05) is 41.5 Å². The van der Waals surface area contributed by atoms with Gasteiger partial charge < -0.3 is 5.32 Å². The smallest absolute Gasteiger partial charge is 0.269 e. The standard InChI is InChI=1S/C21H19ClN4OS/c1-13-6-5-9-23-17(13)10-14(2)24-20(27)19-12-28-21-25-18(11-26(19)21)15-7-3-4-8-16(15)22/h3-9,11-12,14H,10H2,1-2H3,(H,24,27). The van der Waals surface area contributed by atoms with E-state index in [1.807, 2.05) is 66.2 Å². The van der Waals surface area contributed by atoms with Crippen molar-refractivity contribution in [2.45, 2.75) is 26.3 Å². The molecular formula is C21H19ClN4OS. The van der Waals surface area contributed by atoms with E-state index in [2.05, 4.69) is 15.3 Å². The minimum atomic E-state index is -0.129. The zero-order chi connectivity index (χ0) is 19.7.